The van der Waals surface area contributed by atoms with Crippen molar-refractivity contribution in [2.45, 2.75) is 50.8 Å². The number of carbonyl (C=O) groups is 2. The van der Waals surface area contributed by atoms with Crippen molar-refractivity contribution in [1.29, 1.82) is 0 Å². The molecule has 2 aromatic carbocycles. The average Bonchev–Trinajstić information content (AvgIpc) is 2.84. The number of nitrogens with zero attached hydrogens (tertiary/aromatic N) is 2. The van der Waals surface area contributed by atoms with Gasteiger partial charge in [-0.1, -0.05) is 60.7 Å². The van der Waals surface area contributed by atoms with Crippen LogP contribution in [0.4, 0.5) is 4.79 Å². The van der Waals surface area contributed by atoms with Crippen LogP contribution in [-0.4, -0.2) is 60.4 Å². The van der Waals surface area contributed by atoms with Crippen LogP contribution in [0.15, 0.2) is 60.7 Å². The molecule has 2 aliphatic rings. The minimum atomic E-state index is -0.516. The summed E-state index contributed by atoms with van der Waals surface area (Å²) >= 11 is 0. The first kappa shape index (κ1) is 22.3. The number of fused-ring (bicyclic) bond motifs is 2. The predicted molar refractivity (Wildman–Crippen MR) is 119 cm³/mol. The molecule has 0 aromatic heterocycles. The highest BCUT2D eigenvalue weighted by Crippen LogP contribution is 2.34. The summed E-state index contributed by atoms with van der Waals surface area (Å²) in [7, 11) is 1.58. The van der Waals surface area contributed by atoms with Gasteiger partial charge in [0, 0.05) is 13.7 Å². The molecule has 2 aromatic rings. The summed E-state index contributed by atoms with van der Waals surface area (Å²) in [6, 6.07) is 18.7. The van der Waals surface area contributed by atoms with Crippen LogP contribution in [0.2, 0.25) is 0 Å². The lowest BCUT2D eigenvalue weighted by molar-refractivity contribution is -0.180. The number of carbonyl (C=O) groups excluding carboxylic acids is 2. The van der Waals surface area contributed by atoms with Gasteiger partial charge in [-0.3, -0.25) is 9.69 Å². The van der Waals surface area contributed by atoms with Crippen LogP contribution in [0.25, 0.3) is 0 Å². The Morgan fingerprint density at radius 3 is 2.28 bits per heavy atom. The molecule has 0 aliphatic carbocycles. The molecule has 4 rings (SSSR count). The highest BCUT2D eigenvalue weighted by Gasteiger charge is 2.51. The summed E-state index contributed by atoms with van der Waals surface area (Å²) in [4.78, 5) is 29.6. The van der Waals surface area contributed by atoms with Crippen molar-refractivity contribution in [1.82, 2.24) is 9.80 Å². The van der Waals surface area contributed by atoms with E-state index < -0.39 is 18.4 Å². The van der Waals surface area contributed by atoms with Gasteiger partial charge in [-0.25, -0.2) is 4.79 Å². The molecule has 3 atom stereocenters. The number of rotatable bonds is 8. The molecule has 0 spiro atoms. The largest absolute Gasteiger partial charge is 0.445 e. The Hall–Kier alpha value is -2.90. The monoisotopic (exact) mass is 438 g/mol. The molecule has 0 saturated carbocycles. The molecule has 0 N–H and O–H groups in total. The molecule has 2 fully saturated rings. The Kier molecular flexibility index (Phi) is 7.39. The smallest absolute Gasteiger partial charge is 0.411 e. The van der Waals surface area contributed by atoms with Crippen LogP contribution < -0.4 is 0 Å². The van der Waals surface area contributed by atoms with Crippen molar-refractivity contribution in [3.63, 3.8) is 0 Å². The maximum absolute atomic E-state index is 13.3. The molecule has 7 heteroatoms. The summed E-state index contributed by atoms with van der Waals surface area (Å²) in [5.41, 5.74) is 2.00. The normalized spacial score (nSPS) is 22.7. The number of ether oxygens (including phenoxy) is 3. The predicted octanol–water partition coefficient (Wildman–Crippen LogP) is 3.58. The summed E-state index contributed by atoms with van der Waals surface area (Å²) in [6.45, 7) is 1.49. The summed E-state index contributed by atoms with van der Waals surface area (Å²) < 4.78 is 17.1. The van der Waals surface area contributed by atoms with Crippen molar-refractivity contribution in [3.05, 3.63) is 71.8 Å². The van der Waals surface area contributed by atoms with Crippen molar-refractivity contribution in [2.24, 2.45) is 0 Å². The summed E-state index contributed by atoms with van der Waals surface area (Å²) in [5.74, 6) is -0.104. The van der Waals surface area contributed by atoms with E-state index in [0.29, 0.717) is 26.2 Å². The van der Waals surface area contributed by atoms with Crippen LogP contribution in [0.3, 0.4) is 0 Å². The van der Waals surface area contributed by atoms with Gasteiger partial charge in [-0.2, -0.15) is 0 Å². The second kappa shape index (κ2) is 10.6. The van der Waals surface area contributed by atoms with Gasteiger partial charge in [-0.05, 0) is 30.4 Å². The van der Waals surface area contributed by atoms with Crippen LogP contribution in [0, 0.1) is 0 Å². The number of amides is 2. The third-order valence-electron chi connectivity index (χ3n) is 6.12. The van der Waals surface area contributed by atoms with Gasteiger partial charge in [0.2, 0.25) is 5.91 Å². The fourth-order valence-electron chi connectivity index (χ4n) is 4.58. The van der Waals surface area contributed by atoms with Crippen molar-refractivity contribution in [3.8, 4) is 0 Å². The molecule has 32 heavy (non-hydrogen) atoms. The van der Waals surface area contributed by atoms with E-state index in [2.05, 4.69) is 0 Å². The number of methoxy groups -OCH3 is 1. The van der Waals surface area contributed by atoms with Gasteiger partial charge in [0.15, 0.2) is 6.23 Å². The van der Waals surface area contributed by atoms with Gasteiger partial charge in [0.05, 0.1) is 19.3 Å². The lowest BCUT2D eigenvalue weighted by Crippen LogP contribution is -2.70. The lowest BCUT2D eigenvalue weighted by atomic mass is 9.89. The summed E-state index contributed by atoms with van der Waals surface area (Å²) in [6.07, 6.45) is 1.31. The number of hydrogen-bond donors (Lipinski definition) is 0. The molecule has 2 bridgehead atoms. The second-order valence-electron chi connectivity index (χ2n) is 8.16. The van der Waals surface area contributed by atoms with E-state index in [1.165, 1.54) is 0 Å². The number of hydrogen-bond acceptors (Lipinski definition) is 5. The van der Waals surface area contributed by atoms with Gasteiger partial charge in [0.1, 0.15) is 12.6 Å². The first-order valence-electron chi connectivity index (χ1n) is 11.1. The van der Waals surface area contributed by atoms with Gasteiger partial charge < -0.3 is 19.1 Å². The topological polar surface area (TPSA) is 68.3 Å². The van der Waals surface area contributed by atoms with E-state index in [-0.39, 0.29) is 18.6 Å². The van der Waals surface area contributed by atoms with Gasteiger partial charge in [-0.15, -0.1) is 0 Å². The Morgan fingerprint density at radius 1 is 0.969 bits per heavy atom. The standard InChI is InChI=1S/C25H30N2O5/c1-30-24-22-14-8-13-21(27(22)25(29)32-18-20-11-6-3-7-12-20)23(28)26(24)15-16-31-17-19-9-4-2-5-10-19/h2-7,9-12,21-22,24H,8,13-18H2,1H3. The fraction of sp³-hybridized carbons (Fsp3) is 0.440. The zero-order chi connectivity index (χ0) is 22.3. The molecular weight excluding hydrogens is 408 g/mol. The van der Waals surface area contributed by atoms with Crippen LogP contribution in [0.1, 0.15) is 30.4 Å². The molecule has 3 unspecified atom stereocenters. The number of piperazine rings is 1. The maximum atomic E-state index is 13.3. The van der Waals surface area contributed by atoms with Crippen molar-refractivity contribution >= 4 is 12.0 Å². The van der Waals surface area contributed by atoms with E-state index in [0.717, 1.165) is 24.0 Å². The zero-order valence-electron chi connectivity index (χ0n) is 18.4. The molecule has 2 aliphatic heterocycles. The molecule has 170 valence electrons. The highest BCUT2D eigenvalue weighted by atomic mass is 16.6. The molecule has 7 nitrogen and oxygen atoms in total. The van der Waals surface area contributed by atoms with Gasteiger partial charge in [0.25, 0.3) is 0 Å². The van der Waals surface area contributed by atoms with E-state index in [1.54, 1.807) is 16.9 Å². The van der Waals surface area contributed by atoms with Crippen LogP contribution in [0.5, 0.6) is 0 Å². The first-order chi connectivity index (χ1) is 15.7. The van der Waals surface area contributed by atoms with E-state index in [1.807, 2.05) is 60.7 Å². The molecule has 0 radical (unpaired) electrons. The van der Waals surface area contributed by atoms with Crippen molar-refractivity contribution in [2.75, 3.05) is 20.3 Å². The van der Waals surface area contributed by atoms with E-state index in [9.17, 15) is 9.59 Å². The molecule has 2 amide bonds. The molecular formula is C25H30N2O5. The minimum absolute atomic E-state index is 0.104. The quantitative estimate of drug-likeness (QED) is 0.590. The molecule has 2 heterocycles. The lowest BCUT2D eigenvalue weighted by Gasteiger charge is -2.52. The summed E-state index contributed by atoms with van der Waals surface area (Å²) in [5, 5.41) is 0. The molecule has 2 saturated heterocycles. The average molecular weight is 439 g/mol. The van der Waals surface area contributed by atoms with Crippen LogP contribution in [-0.2, 0) is 32.2 Å². The maximum Gasteiger partial charge on any atom is 0.411 e. The Balaban J connectivity index is 1.38. The number of piperidine rings is 1. The third kappa shape index (κ3) is 4.95. The van der Waals surface area contributed by atoms with Crippen LogP contribution >= 0.6 is 0 Å². The Bertz CT molecular complexity index is 892. The fourth-order valence-corrected chi connectivity index (χ4v) is 4.58. The SMILES string of the molecule is COC1C2CCCC(C(=O)N1CCOCc1ccccc1)N2C(=O)OCc1ccccc1. The number of benzene rings is 2. The second-order valence-corrected chi connectivity index (χ2v) is 8.16. The van der Waals surface area contributed by atoms with Gasteiger partial charge >= 0.3 is 6.09 Å². The highest BCUT2D eigenvalue weighted by molar-refractivity contribution is 5.87. The zero-order valence-corrected chi connectivity index (χ0v) is 18.4. The minimum Gasteiger partial charge on any atom is -0.445 e. The Labute approximate surface area is 188 Å². The number of likely N-dealkylation sites (tertiary alicyclic amines) is 1. The first-order valence-corrected chi connectivity index (χ1v) is 11.1. The van der Waals surface area contributed by atoms with Crippen molar-refractivity contribution < 1.29 is 23.8 Å². The third-order valence-corrected chi connectivity index (χ3v) is 6.12. The van der Waals surface area contributed by atoms with E-state index in [4.69, 9.17) is 14.2 Å². The Morgan fingerprint density at radius 2 is 1.62 bits per heavy atom. The van der Waals surface area contributed by atoms with E-state index >= 15 is 0 Å².